The summed E-state index contributed by atoms with van der Waals surface area (Å²) in [5, 5.41) is 11.6. The Hall–Kier alpha value is -1.69. The first-order valence-corrected chi connectivity index (χ1v) is 8.13. The highest BCUT2D eigenvalue weighted by Gasteiger charge is 2.19. The van der Waals surface area contributed by atoms with Crippen molar-refractivity contribution in [1.82, 2.24) is 5.32 Å². The van der Waals surface area contributed by atoms with Crippen molar-refractivity contribution in [2.45, 2.75) is 25.8 Å². The van der Waals surface area contributed by atoms with E-state index in [4.69, 9.17) is 9.84 Å². The molecule has 0 radical (unpaired) electrons. The number of carboxylic acids is 1. The Morgan fingerprint density at radius 3 is 2.71 bits per heavy atom. The molecule has 1 aromatic rings. The summed E-state index contributed by atoms with van der Waals surface area (Å²) < 4.78 is 5.52. The summed E-state index contributed by atoms with van der Waals surface area (Å²) in [5.74, 6) is 0.119. The number of aryl methyl sites for hydroxylation is 1. The minimum absolute atomic E-state index is 0.136. The SMILES string of the molecule is CSCC[C@H](NC(=O)CCOc1ccccc1C)C(=O)O. The molecule has 21 heavy (non-hydrogen) atoms. The zero-order valence-corrected chi connectivity index (χ0v) is 13.1. The van der Waals surface area contributed by atoms with Crippen LogP contribution in [0.1, 0.15) is 18.4 Å². The molecule has 0 aliphatic rings. The van der Waals surface area contributed by atoms with Gasteiger partial charge in [-0.15, -0.1) is 0 Å². The van der Waals surface area contributed by atoms with Crippen LogP contribution in [0.2, 0.25) is 0 Å². The molecule has 0 aliphatic carbocycles. The van der Waals surface area contributed by atoms with Crippen molar-refractivity contribution in [2.24, 2.45) is 0 Å². The summed E-state index contributed by atoms with van der Waals surface area (Å²) in [6.07, 6.45) is 2.45. The van der Waals surface area contributed by atoms with E-state index < -0.39 is 12.0 Å². The minimum atomic E-state index is -1.00. The lowest BCUT2D eigenvalue weighted by molar-refractivity contribution is -0.141. The van der Waals surface area contributed by atoms with Gasteiger partial charge < -0.3 is 15.2 Å². The number of amides is 1. The van der Waals surface area contributed by atoms with Gasteiger partial charge in [-0.1, -0.05) is 18.2 Å². The van der Waals surface area contributed by atoms with Gasteiger partial charge >= 0.3 is 5.97 Å². The number of rotatable bonds is 9. The number of para-hydroxylation sites is 1. The van der Waals surface area contributed by atoms with E-state index in [1.165, 1.54) is 0 Å². The van der Waals surface area contributed by atoms with Gasteiger partial charge in [0.05, 0.1) is 13.0 Å². The molecule has 0 aromatic heterocycles. The highest BCUT2D eigenvalue weighted by molar-refractivity contribution is 7.98. The zero-order valence-electron chi connectivity index (χ0n) is 12.3. The van der Waals surface area contributed by atoms with Gasteiger partial charge in [0.1, 0.15) is 11.8 Å². The number of carbonyl (C=O) groups is 2. The van der Waals surface area contributed by atoms with Crippen molar-refractivity contribution in [1.29, 1.82) is 0 Å². The summed E-state index contributed by atoms with van der Waals surface area (Å²) in [5.41, 5.74) is 1.00. The summed E-state index contributed by atoms with van der Waals surface area (Å²) in [6.45, 7) is 2.16. The number of hydrogen-bond donors (Lipinski definition) is 2. The van der Waals surface area contributed by atoms with Gasteiger partial charge in [-0.05, 0) is 37.0 Å². The Morgan fingerprint density at radius 2 is 2.10 bits per heavy atom. The maximum absolute atomic E-state index is 11.7. The van der Waals surface area contributed by atoms with Crippen LogP contribution in [0.3, 0.4) is 0 Å². The lowest BCUT2D eigenvalue weighted by atomic mass is 10.2. The molecule has 0 saturated heterocycles. The maximum atomic E-state index is 11.7. The minimum Gasteiger partial charge on any atom is -0.493 e. The normalized spacial score (nSPS) is 11.7. The number of thioether (sulfide) groups is 1. The van der Waals surface area contributed by atoms with Crippen LogP contribution in [0.25, 0.3) is 0 Å². The first kappa shape index (κ1) is 17.4. The van der Waals surface area contributed by atoms with Crippen molar-refractivity contribution in [3.63, 3.8) is 0 Å². The number of nitrogens with one attached hydrogen (secondary N) is 1. The largest absolute Gasteiger partial charge is 0.493 e. The summed E-state index contributed by atoms with van der Waals surface area (Å²) in [7, 11) is 0. The molecular weight excluding hydrogens is 290 g/mol. The number of carbonyl (C=O) groups excluding carboxylic acids is 1. The van der Waals surface area contributed by atoms with Crippen LogP contribution >= 0.6 is 11.8 Å². The van der Waals surface area contributed by atoms with Crippen LogP contribution in [0.5, 0.6) is 5.75 Å². The molecule has 1 aromatic carbocycles. The van der Waals surface area contributed by atoms with Crippen LogP contribution in [0.15, 0.2) is 24.3 Å². The van der Waals surface area contributed by atoms with Gasteiger partial charge in [0.15, 0.2) is 0 Å². The quantitative estimate of drug-likeness (QED) is 0.730. The van der Waals surface area contributed by atoms with Gasteiger partial charge in [-0.2, -0.15) is 11.8 Å². The Morgan fingerprint density at radius 1 is 1.38 bits per heavy atom. The average Bonchev–Trinajstić information content (AvgIpc) is 2.45. The standard InChI is InChI=1S/C15H21NO4S/c1-11-5-3-4-6-13(11)20-9-7-14(17)16-12(15(18)19)8-10-21-2/h3-6,12H,7-10H2,1-2H3,(H,16,17)(H,18,19)/t12-/m0/s1. The molecule has 6 heteroatoms. The molecule has 0 bridgehead atoms. The number of ether oxygens (including phenoxy) is 1. The highest BCUT2D eigenvalue weighted by Crippen LogP contribution is 2.16. The van der Waals surface area contributed by atoms with Crippen LogP contribution < -0.4 is 10.1 Å². The Bertz CT molecular complexity index is 478. The molecule has 116 valence electrons. The third-order valence-corrected chi connectivity index (χ3v) is 3.57. The Labute approximate surface area is 129 Å². The van der Waals surface area contributed by atoms with E-state index in [1.807, 2.05) is 37.4 Å². The second-order valence-electron chi connectivity index (χ2n) is 4.60. The molecule has 0 aliphatic heterocycles. The lowest BCUT2D eigenvalue weighted by Gasteiger charge is -2.14. The molecule has 1 atom stereocenters. The molecular formula is C15H21NO4S. The van der Waals surface area contributed by atoms with Crippen molar-refractivity contribution < 1.29 is 19.4 Å². The van der Waals surface area contributed by atoms with Crippen molar-refractivity contribution in [2.75, 3.05) is 18.6 Å². The summed E-state index contributed by atoms with van der Waals surface area (Å²) >= 11 is 1.55. The molecule has 1 amide bonds. The van der Waals surface area contributed by atoms with E-state index in [1.54, 1.807) is 11.8 Å². The predicted octanol–water partition coefficient (Wildman–Crippen LogP) is 2.09. The molecule has 0 fully saturated rings. The smallest absolute Gasteiger partial charge is 0.326 e. The van der Waals surface area contributed by atoms with Gasteiger partial charge in [0, 0.05) is 0 Å². The molecule has 0 unspecified atom stereocenters. The fourth-order valence-electron chi connectivity index (χ4n) is 1.73. The fourth-order valence-corrected chi connectivity index (χ4v) is 2.20. The van der Waals surface area contributed by atoms with Gasteiger partial charge in [0.2, 0.25) is 5.91 Å². The first-order chi connectivity index (χ1) is 10.0. The van der Waals surface area contributed by atoms with Gasteiger partial charge in [0.25, 0.3) is 0 Å². The first-order valence-electron chi connectivity index (χ1n) is 6.74. The highest BCUT2D eigenvalue weighted by atomic mass is 32.2. The summed E-state index contributed by atoms with van der Waals surface area (Å²) in [6, 6.07) is 6.72. The maximum Gasteiger partial charge on any atom is 0.326 e. The van der Waals surface area contributed by atoms with Crippen LogP contribution in [-0.2, 0) is 9.59 Å². The van der Waals surface area contributed by atoms with Gasteiger partial charge in [-0.3, -0.25) is 4.79 Å². The van der Waals surface area contributed by atoms with E-state index in [9.17, 15) is 9.59 Å². The molecule has 5 nitrogen and oxygen atoms in total. The van der Waals surface area contributed by atoms with Crippen LogP contribution in [0.4, 0.5) is 0 Å². The van der Waals surface area contributed by atoms with Crippen molar-refractivity contribution in [3.05, 3.63) is 29.8 Å². The number of carboxylic acid groups (broad SMARTS) is 1. The second kappa shape index (κ2) is 9.28. The van der Waals surface area contributed by atoms with Crippen molar-refractivity contribution >= 4 is 23.6 Å². The number of hydrogen-bond acceptors (Lipinski definition) is 4. The topological polar surface area (TPSA) is 75.6 Å². The lowest BCUT2D eigenvalue weighted by Crippen LogP contribution is -2.41. The fraction of sp³-hybridized carbons (Fsp3) is 0.467. The second-order valence-corrected chi connectivity index (χ2v) is 5.59. The third kappa shape index (κ3) is 6.53. The monoisotopic (exact) mass is 311 g/mol. The predicted molar refractivity (Wildman–Crippen MR) is 83.9 cm³/mol. The molecule has 2 N–H and O–H groups in total. The molecule has 0 spiro atoms. The molecule has 0 saturated carbocycles. The van der Waals surface area contributed by atoms with E-state index in [-0.39, 0.29) is 18.9 Å². The van der Waals surface area contributed by atoms with Gasteiger partial charge in [-0.25, -0.2) is 4.79 Å². The average molecular weight is 311 g/mol. The number of aliphatic carboxylic acids is 1. The van der Waals surface area contributed by atoms with E-state index in [2.05, 4.69) is 5.32 Å². The van der Waals surface area contributed by atoms with Crippen LogP contribution in [-0.4, -0.2) is 41.6 Å². The van der Waals surface area contributed by atoms with Crippen LogP contribution in [0, 0.1) is 6.92 Å². The van der Waals surface area contributed by atoms with E-state index >= 15 is 0 Å². The number of benzene rings is 1. The van der Waals surface area contributed by atoms with E-state index in [0.717, 1.165) is 11.3 Å². The molecule has 0 heterocycles. The van der Waals surface area contributed by atoms with Crippen molar-refractivity contribution in [3.8, 4) is 5.75 Å². The summed E-state index contributed by atoms with van der Waals surface area (Å²) in [4.78, 5) is 22.8. The third-order valence-electron chi connectivity index (χ3n) is 2.92. The zero-order chi connectivity index (χ0) is 15.7. The Kier molecular flexibility index (Phi) is 7.68. The van der Waals surface area contributed by atoms with E-state index in [0.29, 0.717) is 12.2 Å². The Balaban J connectivity index is 2.36. The molecule has 1 rings (SSSR count).